The number of aromatic nitrogens is 1. The molecule has 0 aliphatic carbocycles. The van der Waals surface area contributed by atoms with Crippen LogP contribution >= 0.6 is 23.2 Å². The van der Waals surface area contributed by atoms with E-state index in [1.54, 1.807) is 0 Å². The summed E-state index contributed by atoms with van der Waals surface area (Å²) in [6.45, 7) is 2.80. The molecule has 1 aromatic heterocycles. The second-order valence-electron chi connectivity index (χ2n) is 5.88. The third-order valence-corrected chi connectivity index (χ3v) is 4.66. The Morgan fingerprint density at radius 2 is 1.74 bits per heavy atom. The first kappa shape index (κ1) is 16.4. The fraction of sp³-hybridized carbons (Fsp3) is 0.263. The summed E-state index contributed by atoms with van der Waals surface area (Å²) in [6.07, 6.45) is 3.07. The number of nitrogens with two attached hydrogens (primary N) is 1. The quantitative estimate of drug-likeness (QED) is 0.569. The van der Waals surface area contributed by atoms with Crippen molar-refractivity contribution in [3.05, 3.63) is 57.6 Å². The van der Waals surface area contributed by atoms with Gasteiger partial charge in [-0.1, -0.05) is 35.3 Å². The summed E-state index contributed by atoms with van der Waals surface area (Å²) in [5.41, 5.74) is 11.6. The van der Waals surface area contributed by atoms with Gasteiger partial charge in [-0.25, -0.2) is 0 Å². The van der Waals surface area contributed by atoms with E-state index in [2.05, 4.69) is 30.1 Å². The summed E-state index contributed by atoms with van der Waals surface area (Å²) in [7, 11) is 0. The van der Waals surface area contributed by atoms with Crippen LogP contribution in [0.5, 0.6) is 0 Å². The number of fused-ring (bicyclic) bond motifs is 1. The molecule has 0 fully saturated rings. The molecule has 0 saturated heterocycles. The summed E-state index contributed by atoms with van der Waals surface area (Å²) in [4.78, 5) is 3.59. The third-order valence-electron chi connectivity index (χ3n) is 4.19. The molecule has 0 spiro atoms. The molecule has 23 heavy (non-hydrogen) atoms. The fourth-order valence-electron chi connectivity index (χ4n) is 3.05. The fourth-order valence-corrected chi connectivity index (χ4v) is 3.45. The monoisotopic (exact) mass is 346 g/mol. The van der Waals surface area contributed by atoms with E-state index in [1.165, 1.54) is 10.9 Å². The zero-order valence-corrected chi connectivity index (χ0v) is 14.6. The zero-order chi connectivity index (χ0) is 16.4. The standard InChI is InChI=1S/C19H20Cl2N2/c1-12-10-15(21)11-17-16(4-2-3-9-22)19(23-18(12)17)13-5-7-14(20)8-6-13/h5-8,10-11,23H,2-4,9,22H2,1H3. The average Bonchev–Trinajstić information content (AvgIpc) is 2.87. The van der Waals surface area contributed by atoms with Crippen LogP contribution < -0.4 is 5.73 Å². The van der Waals surface area contributed by atoms with Gasteiger partial charge in [0.1, 0.15) is 0 Å². The Morgan fingerprint density at radius 3 is 2.43 bits per heavy atom. The molecule has 3 N–H and O–H groups in total. The largest absolute Gasteiger partial charge is 0.354 e. The second kappa shape index (κ2) is 6.96. The minimum absolute atomic E-state index is 0.721. The van der Waals surface area contributed by atoms with Crippen LogP contribution in [0.2, 0.25) is 10.0 Å². The molecule has 3 aromatic rings. The molecule has 0 amide bonds. The molecule has 4 heteroatoms. The maximum absolute atomic E-state index is 6.28. The van der Waals surface area contributed by atoms with Crippen LogP contribution in [0.4, 0.5) is 0 Å². The molecule has 0 atom stereocenters. The predicted octanol–water partition coefficient (Wildman–Crippen LogP) is 5.73. The van der Waals surface area contributed by atoms with E-state index in [1.807, 2.05) is 18.2 Å². The normalized spacial score (nSPS) is 11.3. The summed E-state index contributed by atoms with van der Waals surface area (Å²) in [5.74, 6) is 0. The summed E-state index contributed by atoms with van der Waals surface area (Å²) >= 11 is 12.3. The van der Waals surface area contributed by atoms with Gasteiger partial charge in [0, 0.05) is 26.6 Å². The maximum atomic E-state index is 6.28. The molecule has 2 nitrogen and oxygen atoms in total. The lowest BCUT2D eigenvalue weighted by Crippen LogP contribution is -1.99. The molecule has 0 unspecified atom stereocenters. The molecule has 0 aliphatic rings. The topological polar surface area (TPSA) is 41.8 Å². The van der Waals surface area contributed by atoms with Gasteiger partial charge in [0.2, 0.25) is 0 Å². The first-order chi connectivity index (χ1) is 11.1. The lowest BCUT2D eigenvalue weighted by atomic mass is 9.99. The number of nitrogens with one attached hydrogen (secondary N) is 1. The van der Waals surface area contributed by atoms with Gasteiger partial charge >= 0.3 is 0 Å². The highest BCUT2D eigenvalue weighted by molar-refractivity contribution is 6.31. The van der Waals surface area contributed by atoms with Crippen LogP contribution in [0.3, 0.4) is 0 Å². The summed E-state index contributed by atoms with van der Waals surface area (Å²) < 4.78 is 0. The maximum Gasteiger partial charge on any atom is 0.0497 e. The van der Waals surface area contributed by atoms with Crippen molar-refractivity contribution in [3.8, 4) is 11.3 Å². The van der Waals surface area contributed by atoms with Gasteiger partial charge < -0.3 is 10.7 Å². The SMILES string of the molecule is Cc1cc(Cl)cc2c(CCCCN)c(-c3ccc(Cl)cc3)[nH]c12. The van der Waals surface area contributed by atoms with Gasteiger partial charge in [-0.3, -0.25) is 0 Å². The van der Waals surface area contributed by atoms with Crippen molar-refractivity contribution in [3.63, 3.8) is 0 Å². The number of halogens is 2. The van der Waals surface area contributed by atoms with E-state index < -0.39 is 0 Å². The first-order valence-corrected chi connectivity index (χ1v) is 8.62. The van der Waals surface area contributed by atoms with E-state index in [-0.39, 0.29) is 0 Å². The Balaban J connectivity index is 2.16. The van der Waals surface area contributed by atoms with Crippen LogP contribution in [-0.4, -0.2) is 11.5 Å². The van der Waals surface area contributed by atoms with Crippen molar-refractivity contribution in [1.29, 1.82) is 0 Å². The Kier molecular flexibility index (Phi) is 4.96. The van der Waals surface area contributed by atoms with Crippen molar-refractivity contribution < 1.29 is 0 Å². The van der Waals surface area contributed by atoms with Crippen molar-refractivity contribution in [2.75, 3.05) is 6.54 Å². The molecule has 0 aliphatic heterocycles. The highest BCUT2D eigenvalue weighted by Crippen LogP contribution is 2.35. The zero-order valence-electron chi connectivity index (χ0n) is 13.1. The first-order valence-electron chi connectivity index (χ1n) is 7.87. The van der Waals surface area contributed by atoms with E-state index in [0.29, 0.717) is 0 Å². The number of aryl methyl sites for hydroxylation is 2. The van der Waals surface area contributed by atoms with Crippen molar-refractivity contribution >= 4 is 34.1 Å². The summed E-state index contributed by atoms with van der Waals surface area (Å²) in [5, 5.41) is 2.72. The minimum atomic E-state index is 0.721. The number of H-pyrrole nitrogens is 1. The van der Waals surface area contributed by atoms with Crippen LogP contribution in [0, 0.1) is 6.92 Å². The average molecular weight is 347 g/mol. The molecule has 0 radical (unpaired) electrons. The molecule has 0 saturated carbocycles. The van der Waals surface area contributed by atoms with Crippen LogP contribution in [0.15, 0.2) is 36.4 Å². The highest BCUT2D eigenvalue weighted by atomic mass is 35.5. The number of benzene rings is 2. The molecular formula is C19H20Cl2N2. The van der Waals surface area contributed by atoms with E-state index >= 15 is 0 Å². The van der Waals surface area contributed by atoms with Crippen LogP contribution in [-0.2, 0) is 6.42 Å². The third kappa shape index (κ3) is 3.40. The molecule has 2 aromatic carbocycles. The van der Waals surface area contributed by atoms with Crippen LogP contribution in [0.1, 0.15) is 24.0 Å². The lowest BCUT2D eigenvalue weighted by molar-refractivity contribution is 0.748. The van der Waals surface area contributed by atoms with Gasteiger partial charge in [0.05, 0.1) is 0 Å². The number of unbranched alkanes of at least 4 members (excludes halogenated alkanes) is 1. The Hall–Kier alpha value is -1.48. The Morgan fingerprint density at radius 1 is 1.00 bits per heavy atom. The van der Waals surface area contributed by atoms with E-state index in [0.717, 1.165) is 58.2 Å². The lowest BCUT2D eigenvalue weighted by Gasteiger charge is -2.06. The number of hydrogen-bond acceptors (Lipinski definition) is 1. The number of rotatable bonds is 5. The molecule has 120 valence electrons. The molecule has 3 rings (SSSR count). The van der Waals surface area contributed by atoms with E-state index in [9.17, 15) is 0 Å². The van der Waals surface area contributed by atoms with Gasteiger partial charge in [-0.15, -0.1) is 0 Å². The van der Waals surface area contributed by atoms with E-state index in [4.69, 9.17) is 28.9 Å². The smallest absolute Gasteiger partial charge is 0.0497 e. The number of aromatic amines is 1. The van der Waals surface area contributed by atoms with Crippen molar-refractivity contribution in [2.45, 2.75) is 26.2 Å². The Labute approximate surface area is 146 Å². The van der Waals surface area contributed by atoms with Gasteiger partial charge in [0.25, 0.3) is 0 Å². The highest BCUT2D eigenvalue weighted by Gasteiger charge is 2.15. The second-order valence-corrected chi connectivity index (χ2v) is 6.75. The molecule has 0 bridgehead atoms. The van der Waals surface area contributed by atoms with Crippen molar-refractivity contribution in [2.24, 2.45) is 5.73 Å². The van der Waals surface area contributed by atoms with Crippen molar-refractivity contribution in [1.82, 2.24) is 4.98 Å². The molecular weight excluding hydrogens is 327 g/mol. The predicted molar refractivity (Wildman–Crippen MR) is 100 cm³/mol. The van der Waals surface area contributed by atoms with Crippen LogP contribution in [0.25, 0.3) is 22.2 Å². The van der Waals surface area contributed by atoms with Gasteiger partial charge in [0.15, 0.2) is 0 Å². The Bertz CT molecular complexity index is 819. The number of hydrogen-bond donors (Lipinski definition) is 2. The minimum Gasteiger partial charge on any atom is -0.354 e. The van der Waals surface area contributed by atoms with Gasteiger partial charge in [-0.05, 0) is 73.7 Å². The summed E-state index contributed by atoms with van der Waals surface area (Å²) in [6, 6.07) is 12.0. The molecule has 1 heterocycles. The van der Waals surface area contributed by atoms with Gasteiger partial charge in [-0.2, -0.15) is 0 Å².